The van der Waals surface area contributed by atoms with Crippen LogP contribution in [0.25, 0.3) is 6.08 Å². The molecule has 4 atom stereocenters. The van der Waals surface area contributed by atoms with Crippen LogP contribution in [-0.4, -0.2) is 46.3 Å². The van der Waals surface area contributed by atoms with Gasteiger partial charge >= 0.3 is 11.9 Å². The number of aliphatic hydroxyl groups is 2. The SMILES string of the molecule is C[C@@H]1C[C@H](O)C2=C(COC(=O)C=Cc3ccccc3)C(=O)O/C2=C/C2(C)CCC1(O)O2. The van der Waals surface area contributed by atoms with Gasteiger partial charge in [0.25, 0.3) is 0 Å². The molecule has 0 radical (unpaired) electrons. The van der Waals surface area contributed by atoms with Crippen molar-refractivity contribution in [3.05, 3.63) is 65.0 Å². The highest BCUT2D eigenvalue weighted by Crippen LogP contribution is 2.47. The molecular weight excluding hydrogens is 400 g/mol. The summed E-state index contributed by atoms with van der Waals surface area (Å²) in [7, 11) is 0. The Kier molecular flexibility index (Phi) is 5.60. The van der Waals surface area contributed by atoms with Gasteiger partial charge in [0.1, 0.15) is 12.4 Å². The first-order valence-electron chi connectivity index (χ1n) is 10.4. The fraction of sp³-hybridized carbons (Fsp3) is 0.417. The molecule has 1 aromatic rings. The fourth-order valence-corrected chi connectivity index (χ4v) is 4.30. The third-order valence-corrected chi connectivity index (χ3v) is 6.12. The highest BCUT2D eigenvalue weighted by molar-refractivity contribution is 5.96. The Morgan fingerprint density at radius 2 is 2.03 bits per heavy atom. The number of carbonyl (C=O) groups excluding carboxylic acids is 2. The van der Waals surface area contributed by atoms with Gasteiger partial charge in [0.05, 0.1) is 17.3 Å². The lowest BCUT2D eigenvalue weighted by Gasteiger charge is -2.32. The standard InChI is InChI=1S/C24H26O7/c1-15-12-18(25)21-17(14-29-20(26)9-8-16-6-4-3-5-7-16)22(27)30-19(21)13-23(2)10-11-24(15,28)31-23/h3-9,13,15,18,25,28H,10-12,14H2,1-2H3/b9-8?,19-13+/t15-,18+,23?,24?/m1/s1. The molecular formula is C24H26O7. The van der Waals surface area contributed by atoms with Gasteiger partial charge in [-0.2, -0.15) is 0 Å². The molecule has 0 amide bonds. The summed E-state index contributed by atoms with van der Waals surface area (Å²) in [6, 6.07) is 9.28. The van der Waals surface area contributed by atoms with E-state index >= 15 is 0 Å². The fourth-order valence-electron chi connectivity index (χ4n) is 4.30. The molecule has 1 aromatic carbocycles. The van der Waals surface area contributed by atoms with E-state index in [1.165, 1.54) is 6.08 Å². The maximum Gasteiger partial charge on any atom is 0.343 e. The average Bonchev–Trinajstić information content (AvgIpc) is 3.21. The summed E-state index contributed by atoms with van der Waals surface area (Å²) < 4.78 is 16.6. The molecule has 0 aromatic heterocycles. The van der Waals surface area contributed by atoms with E-state index in [1.54, 1.807) is 26.0 Å². The molecule has 2 unspecified atom stereocenters. The van der Waals surface area contributed by atoms with Crippen molar-refractivity contribution in [1.29, 1.82) is 0 Å². The lowest BCUT2D eigenvalue weighted by molar-refractivity contribution is -0.238. The zero-order valence-electron chi connectivity index (χ0n) is 17.5. The van der Waals surface area contributed by atoms with E-state index in [1.807, 2.05) is 30.3 Å². The molecule has 3 aliphatic heterocycles. The van der Waals surface area contributed by atoms with E-state index in [0.29, 0.717) is 12.8 Å². The van der Waals surface area contributed by atoms with Crippen LogP contribution in [-0.2, 0) is 23.8 Å². The van der Waals surface area contributed by atoms with Crippen molar-refractivity contribution in [3.63, 3.8) is 0 Å². The maximum atomic E-state index is 12.5. The number of aliphatic hydroxyl groups excluding tert-OH is 1. The van der Waals surface area contributed by atoms with E-state index in [4.69, 9.17) is 14.2 Å². The first kappa shape index (κ1) is 21.5. The lowest BCUT2D eigenvalue weighted by atomic mass is 9.86. The Morgan fingerprint density at radius 1 is 1.29 bits per heavy atom. The molecule has 0 spiro atoms. The van der Waals surface area contributed by atoms with E-state index in [2.05, 4.69) is 0 Å². The van der Waals surface area contributed by atoms with Gasteiger partial charge in [0.2, 0.25) is 0 Å². The van der Waals surface area contributed by atoms with Crippen molar-refractivity contribution < 1.29 is 34.0 Å². The number of rotatable bonds is 4. The van der Waals surface area contributed by atoms with Crippen LogP contribution in [0.1, 0.15) is 38.7 Å². The second-order valence-corrected chi connectivity index (χ2v) is 8.55. The topological polar surface area (TPSA) is 102 Å². The normalized spacial score (nSPS) is 34.5. The van der Waals surface area contributed by atoms with Crippen molar-refractivity contribution >= 4 is 18.0 Å². The van der Waals surface area contributed by atoms with Crippen LogP contribution in [0.15, 0.2) is 59.4 Å². The highest BCUT2D eigenvalue weighted by atomic mass is 16.6. The van der Waals surface area contributed by atoms with Crippen LogP contribution >= 0.6 is 0 Å². The minimum Gasteiger partial charge on any atom is -0.457 e. The van der Waals surface area contributed by atoms with Crippen molar-refractivity contribution in [3.8, 4) is 0 Å². The Hall–Kier alpha value is -2.74. The Bertz CT molecular complexity index is 977. The third kappa shape index (κ3) is 4.35. The van der Waals surface area contributed by atoms with Crippen LogP contribution in [0.5, 0.6) is 0 Å². The van der Waals surface area contributed by atoms with Crippen molar-refractivity contribution in [2.75, 3.05) is 6.61 Å². The van der Waals surface area contributed by atoms with Crippen LogP contribution in [0, 0.1) is 5.92 Å². The minimum absolute atomic E-state index is 0.0979. The van der Waals surface area contributed by atoms with Crippen molar-refractivity contribution in [1.82, 2.24) is 0 Å². The molecule has 7 heteroatoms. The smallest absolute Gasteiger partial charge is 0.343 e. The number of esters is 2. The molecule has 31 heavy (non-hydrogen) atoms. The molecule has 4 rings (SSSR count). The number of ether oxygens (including phenoxy) is 3. The zero-order valence-corrected chi connectivity index (χ0v) is 17.5. The molecule has 3 aliphatic rings. The summed E-state index contributed by atoms with van der Waals surface area (Å²) in [6.45, 7) is 3.28. The molecule has 2 N–H and O–H groups in total. The Labute approximate surface area is 180 Å². The van der Waals surface area contributed by atoms with Gasteiger partial charge in [-0.1, -0.05) is 37.3 Å². The second kappa shape index (κ2) is 8.07. The predicted octanol–water partition coefficient (Wildman–Crippen LogP) is 2.64. The average molecular weight is 426 g/mol. The quantitative estimate of drug-likeness (QED) is 0.564. The molecule has 1 fully saturated rings. The Morgan fingerprint density at radius 3 is 2.77 bits per heavy atom. The van der Waals surface area contributed by atoms with Gasteiger partial charge in [-0.05, 0) is 37.5 Å². The summed E-state index contributed by atoms with van der Waals surface area (Å²) >= 11 is 0. The van der Waals surface area contributed by atoms with Crippen LogP contribution in [0.4, 0.5) is 0 Å². The monoisotopic (exact) mass is 426 g/mol. The number of fused-ring (bicyclic) bond motifs is 3. The lowest BCUT2D eigenvalue weighted by Crippen LogP contribution is -2.39. The molecule has 7 nitrogen and oxygen atoms in total. The van der Waals surface area contributed by atoms with Crippen LogP contribution in [0.3, 0.4) is 0 Å². The minimum atomic E-state index is -1.36. The summed E-state index contributed by atoms with van der Waals surface area (Å²) in [6.07, 6.45) is 4.59. The van der Waals surface area contributed by atoms with Crippen LogP contribution in [0.2, 0.25) is 0 Å². The predicted molar refractivity (Wildman–Crippen MR) is 111 cm³/mol. The number of hydrogen-bond donors (Lipinski definition) is 2. The molecule has 0 aliphatic carbocycles. The molecule has 3 heterocycles. The highest BCUT2D eigenvalue weighted by Gasteiger charge is 2.51. The van der Waals surface area contributed by atoms with Gasteiger partial charge in [0, 0.05) is 24.0 Å². The van der Waals surface area contributed by atoms with Gasteiger partial charge in [-0.3, -0.25) is 0 Å². The summed E-state index contributed by atoms with van der Waals surface area (Å²) in [5.41, 5.74) is 0.394. The third-order valence-electron chi connectivity index (χ3n) is 6.12. The second-order valence-electron chi connectivity index (χ2n) is 8.55. The van der Waals surface area contributed by atoms with Gasteiger partial charge in [-0.25, -0.2) is 9.59 Å². The van der Waals surface area contributed by atoms with E-state index in [-0.39, 0.29) is 35.9 Å². The molecule has 0 saturated carbocycles. The molecule has 2 bridgehead atoms. The molecule has 1 saturated heterocycles. The van der Waals surface area contributed by atoms with Gasteiger partial charge < -0.3 is 24.4 Å². The summed E-state index contributed by atoms with van der Waals surface area (Å²) in [4.78, 5) is 24.6. The largest absolute Gasteiger partial charge is 0.457 e. The number of carbonyl (C=O) groups is 2. The molecule has 164 valence electrons. The summed E-state index contributed by atoms with van der Waals surface area (Å²) in [5.74, 6) is -2.81. The van der Waals surface area contributed by atoms with Gasteiger partial charge in [-0.15, -0.1) is 0 Å². The summed E-state index contributed by atoms with van der Waals surface area (Å²) in [5, 5.41) is 21.7. The Balaban J connectivity index is 1.57. The van der Waals surface area contributed by atoms with E-state index in [0.717, 1.165) is 5.56 Å². The number of benzene rings is 1. The number of hydrogen-bond acceptors (Lipinski definition) is 7. The van der Waals surface area contributed by atoms with E-state index < -0.39 is 29.4 Å². The first-order valence-corrected chi connectivity index (χ1v) is 10.4. The van der Waals surface area contributed by atoms with Crippen molar-refractivity contribution in [2.45, 2.75) is 50.6 Å². The van der Waals surface area contributed by atoms with E-state index in [9.17, 15) is 19.8 Å². The zero-order chi connectivity index (χ0) is 22.2. The van der Waals surface area contributed by atoms with Crippen LogP contribution < -0.4 is 0 Å². The van der Waals surface area contributed by atoms with Gasteiger partial charge in [0.15, 0.2) is 5.79 Å². The first-order chi connectivity index (χ1) is 14.7. The maximum absolute atomic E-state index is 12.5. The van der Waals surface area contributed by atoms with Crippen molar-refractivity contribution in [2.24, 2.45) is 5.92 Å².